The Morgan fingerprint density at radius 1 is 0.950 bits per heavy atom. The van der Waals surface area contributed by atoms with E-state index >= 15 is 0 Å². The van der Waals surface area contributed by atoms with E-state index < -0.39 is 0 Å². The fraction of sp³-hybridized carbons (Fsp3) is 0. The van der Waals surface area contributed by atoms with Gasteiger partial charge in [0, 0.05) is 6.07 Å². The van der Waals surface area contributed by atoms with Crippen molar-refractivity contribution in [2.75, 3.05) is 0 Å². The molecule has 20 heavy (non-hydrogen) atoms. The molecule has 0 atom stereocenters. The lowest BCUT2D eigenvalue weighted by atomic mass is 10.2. The highest BCUT2D eigenvalue weighted by molar-refractivity contribution is 14.1. The van der Waals surface area contributed by atoms with Gasteiger partial charge in [0.1, 0.15) is 5.76 Å². The molecule has 0 spiro atoms. The van der Waals surface area contributed by atoms with Crippen molar-refractivity contribution in [3.8, 4) is 0 Å². The standard InChI is InChI=1S/C17H11IO2/c18-15-8-4-7-14-16(19)11-13(20-17(14)15)10-9-12-5-2-1-3-6-12/h1-11H/b10-9+. The highest BCUT2D eigenvalue weighted by atomic mass is 127. The van der Waals surface area contributed by atoms with Crippen molar-refractivity contribution >= 4 is 45.7 Å². The van der Waals surface area contributed by atoms with Crippen LogP contribution in [0.25, 0.3) is 23.1 Å². The molecule has 0 fully saturated rings. The second-order valence-corrected chi connectivity index (χ2v) is 5.54. The zero-order valence-corrected chi connectivity index (χ0v) is 12.7. The third-order valence-electron chi connectivity index (χ3n) is 2.97. The first-order valence-electron chi connectivity index (χ1n) is 6.19. The van der Waals surface area contributed by atoms with Gasteiger partial charge in [0.2, 0.25) is 0 Å². The molecule has 1 heterocycles. The van der Waals surface area contributed by atoms with Crippen LogP contribution < -0.4 is 5.43 Å². The first-order valence-corrected chi connectivity index (χ1v) is 7.27. The lowest BCUT2D eigenvalue weighted by Crippen LogP contribution is -2.00. The second kappa shape index (κ2) is 5.63. The lowest BCUT2D eigenvalue weighted by molar-refractivity contribution is 0.589. The number of fused-ring (bicyclic) bond motifs is 1. The largest absolute Gasteiger partial charge is 0.455 e. The summed E-state index contributed by atoms with van der Waals surface area (Å²) in [6, 6.07) is 17.0. The molecule has 2 aromatic carbocycles. The molecule has 0 amide bonds. The van der Waals surface area contributed by atoms with Crippen molar-refractivity contribution in [1.29, 1.82) is 0 Å². The molecule has 3 aromatic rings. The number of hydrogen-bond acceptors (Lipinski definition) is 2. The highest BCUT2D eigenvalue weighted by Gasteiger charge is 2.05. The van der Waals surface area contributed by atoms with Gasteiger partial charge in [0.15, 0.2) is 11.0 Å². The predicted octanol–water partition coefficient (Wildman–Crippen LogP) is 4.57. The van der Waals surface area contributed by atoms with Gasteiger partial charge in [0.05, 0.1) is 8.96 Å². The van der Waals surface area contributed by atoms with E-state index in [1.165, 1.54) is 6.07 Å². The number of halogens is 1. The van der Waals surface area contributed by atoms with Crippen LogP contribution in [0.5, 0.6) is 0 Å². The monoisotopic (exact) mass is 374 g/mol. The summed E-state index contributed by atoms with van der Waals surface area (Å²) in [7, 11) is 0. The molecule has 3 rings (SSSR count). The highest BCUT2D eigenvalue weighted by Crippen LogP contribution is 2.20. The summed E-state index contributed by atoms with van der Waals surface area (Å²) in [4.78, 5) is 12.1. The maximum Gasteiger partial charge on any atom is 0.193 e. The van der Waals surface area contributed by atoms with Crippen LogP contribution in [-0.4, -0.2) is 0 Å². The van der Waals surface area contributed by atoms with Gasteiger partial charge in [-0.1, -0.05) is 42.5 Å². The Balaban J connectivity index is 2.07. The zero-order chi connectivity index (χ0) is 13.9. The van der Waals surface area contributed by atoms with Crippen molar-refractivity contribution in [3.05, 3.63) is 79.7 Å². The van der Waals surface area contributed by atoms with Gasteiger partial charge >= 0.3 is 0 Å². The number of hydrogen-bond donors (Lipinski definition) is 0. The van der Waals surface area contributed by atoms with E-state index in [2.05, 4.69) is 22.6 Å². The minimum Gasteiger partial charge on any atom is -0.455 e. The van der Waals surface area contributed by atoms with Gasteiger partial charge in [-0.2, -0.15) is 0 Å². The SMILES string of the molecule is O=c1cc(/C=C/c2ccccc2)oc2c(I)cccc12. The van der Waals surface area contributed by atoms with Gasteiger partial charge in [-0.05, 0) is 46.4 Å². The van der Waals surface area contributed by atoms with E-state index in [9.17, 15) is 4.79 Å². The van der Waals surface area contributed by atoms with Crippen LogP contribution in [0.4, 0.5) is 0 Å². The molecule has 2 nitrogen and oxygen atoms in total. The second-order valence-electron chi connectivity index (χ2n) is 4.37. The lowest BCUT2D eigenvalue weighted by Gasteiger charge is -2.01. The molecule has 0 radical (unpaired) electrons. The minimum absolute atomic E-state index is 0.0162. The third-order valence-corrected chi connectivity index (χ3v) is 3.81. The molecule has 3 heteroatoms. The Morgan fingerprint density at radius 2 is 1.75 bits per heavy atom. The molecule has 0 aliphatic carbocycles. The first kappa shape index (κ1) is 13.1. The van der Waals surface area contributed by atoms with Crippen LogP contribution >= 0.6 is 22.6 Å². The quantitative estimate of drug-likeness (QED) is 0.616. The Kier molecular flexibility index (Phi) is 3.69. The van der Waals surface area contributed by atoms with Crippen molar-refractivity contribution in [2.24, 2.45) is 0 Å². The molecule has 0 saturated heterocycles. The summed E-state index contributed by atoms with van der Waals surface area (Å²) >= 11 is 2.17. The summed E-state index contributed by atoms with van der Waals surface area (Å²) in [5.41, 5.74) is 1.70. The van der Waals surface area contributed by atoms with Gasteiger partial charge in [-0.25, -0.2) is 0 Å². The molecule has 0 aliphatic heterocycles. The summed E-state index contributed by atoms with van der Waals surface area (Å²) in [5, 5.41) is 0.619. The summed E-state index contributed by atoms with van der Waals surface area (Å²) in [6.45, 7) is 0. The molecule has 98 valence electrons. The van der Waals surface area contributed by atoms with Gasteiger partial charge < -0.3 is 4.42 Å². The summed E-state index contributed by atoms with van der Waals surface area (Å²) in [5.74, 6) is 0.565. The van der Waals surface area contributed by atoms with E-state index in [0.29, 0.717) is 16.7 Å². The topological polar surface area (TPSA) is 30.2 Å². The Morgan fingerprint density at radius 3 is 2.55 bits per heavy atom. The maximum absolute atomic E-state index is 12.1. The zero-order valence-electron chi connectivity index (χ0n) is 10.5. The smallest absolute Gasteiger partial charge is 0.193 e. The first-order chi connectivity index (χ1) is 9.74. The summed E-state index contributed by atoms with van der Waals surface area (Å²) < 4.78 is 6.74. The van der Waals surface area contributed by atoms with Crippen molar-refractivity contribution in [1.82, 2.24) is 0 Å². The van der Waals surface area contributed by atoms with E-state index in [1.807, 2.05) is 54.6 Å². The normalized spacial score (nSPS) is 11.2. The third kappa shape index (κ3) is 2.67. The molecule has 1 aromatic heterocycles. The predicted molar refractivity (Wildman–Crippen MR) is 90.6 cm³/mol. The molecule has 0 N–H and O–H groups in total. The molecule has 0 saturated carbocycles. The van der Waals surface area contributed by atoms with Crippen LogP contribution in [0.3, 0.4) is 0 Å². The maximum atomic E-state index is 12.1. The van der Waals surface area contributed by atoms with E-state index in [4.69, 9.17) is 4.42 Å². The van der Waals surface area contributed by atoms with Crippen LogP contribution in [0.15, 0.2) is 63.8 Å². The van der Waals surface area contributed by atoms with Crippen molar-refractivity contribution < 1.29 is 4.42 Å². The Bertz CT molecular complexity index is 832. The number of rotatable bonds is 2. The molecular weight excluding hydrogens is 363 g/mol. The fourth-order valence-corrected chi connectivity index (χ4v) is 2.59. The van der Waals surface area contributed by atoms with Crippen LogP contribution in [0.2, 0.25) is 0 Å². The Hall–Kier alpha value is -1.88. The molecular formula is C17H11IO2. The van der Waals surface area contributed by atoms with Crippen LogP contribution in [0.1, 0.15) is 11.3 Å². The summed E-state index contributed by atoms with van der Waals surface area (Å²) in [6.07, 6.45) is 3.75. The Labute approximate surface area is 129 Å². The number of benzene rings is 2. The van der Waals surface area contributed by atoms with Crippen molar-refractivity contribution in [3.63, 3.8) is 0 Å². The molecule has 0 unspecified atom stereocenters. The minimum atomic E-state index is -0.0162. The van der Waals surface area contributed by atoms with Gasteiger partial charge in [-0.3, -0.25) is 4.79 Å². The van der Waals surface area contributed by atoms with Gasteiger partial charge in [0.25, 0.3) is 0 Å². The van der Waals surface area contributed by atoms with E-state index in [0.717, 1.165) is 9.13 Å². The number of para-hydroxylation sites is 1. The van der Waals surface area contributed by atoms with Gasteiger partial charge in [-0.15, -0.1) is 0 Å². The fourth-order valence-electron chi connectivity index (χ4n) is 1.99. The van der Waals surface area contributed by atoms with Crippen molar-refractivity contribution in [2.45, 2.75) is 0 Å². The molecule has 0 aliphatic rings. The average Bonchev–Trinajstić information content (AvgIpc) is 2.47. The average molecular weight is 374 g/mol. The molecule has 0 bridgehead atoms. The van der Waals surface area contributed by atoms with Crippen LogP contribution in [0, 0.1) is 3.57 Å². The van der Waals surface area contributed by atoms with E-state index in [-0.39, 0.29) is 5.43 Å². The van der Waals surface area contributed by atoms with E-state index in [1.54, 1.807) is 6.07 Å². The van der Waals surface area contributed by atoms with Crippen LogP contribution in [-0.2, 0) is 0 Å².